The van der Waals surface area contributed by atoms with Crippen LogP contribution in [0.3, 0.4) is 0 Å². The number of aromatic nitrogens is 3. The normalized spacial score (nSPS) is 10.8. The van der Waals surface area contributed by atoms with Crippen molar-refractivity contribution in [2.75, 3.05) is 5.32 Å². The van der Waals surface area contributed by atoms with Crippen molar-refractivity contribution in [3.05, 3.63) is 87.9 Å². The summed E-state index contributed by atoms with van der Waals surface area (Å²) in [5.74, 6) is 0.522. The minimum absolute atomic E-state index is 0.423. The van der Waals surface area contributed by atoms with Crippen molar-refractivity contribution in [3.8, 4) is 11.1 Å². The third-order valence-electron chi connectivity index (χ3n) is 4.07. The van der Waals surface area contributed by atoms with Crippen LogP contribution in [0.15, 0.2) is 71.7 Å². The smallest absolute Gasteiger partial charge is 0.348 e. The number of rotatable bonds is 4. The lowest BCUT2D eigenvalue weighted by Crippen LogP contribution is -2.14. The Labute approximate surface area is 154 Å². The van der Waals surface area contributed by atoms with Crippen molar-refractivity contribution in [2.45, 2.75) is 6.54 Å². The van der Waals surface area contributed by atoms with Crippen molar-refractivity contribution in [2.24, 2.45) is 0 Å². The molecule has 0 aliphatic carbocycles. The van der Waals surface area contributed by atoms with Gasteiger partial charge in [-0.15, -0.1) is 0 Å². The molecule has 0 saturated carbocycles. The molecule has 0 aliphatic rings. The summed E-state index contributed by atoms with van der Waals surface area (Å²) in [6.07, 6.45) is 1.64. The van der Waals surface area contributed by atoms with Gasteiger partial charge in [-0.05, 0) is 47.0 Å². The van der Waals surface area contributed by atoms with Crippen molar-refractivity contribution in [1.82, 2.24) is 15.0 Å². The van der Waals surface area contributed by atoms with Crippen LogP contribution < -0.4 is 11.0 Å². The van der Waals surface area contributed by atoms with E-state index in [2.05, 4.69) is 32.4 Å². The molecular formula is C20H15ClN4O. The molecule has 0 fully saturated rings. The molecule has 0 atom stereocenters. The van der Waals surface area contributed by atoms with E-state index in [0.717, 1.165) is 22.1 Å². The molecule has 4 aromatic rings. The summed E-state index contributed by atoms with van der Waals surface area (Å²) in [6, 6.07) is 19.6. The number of hydrogen-bond donors (Lipinski definition) is 2. The van der Waals surface area contributed by atoms with Gasteiger partial charge < -0.3 is 5.32 Å². The van der Waals surface area contributed by atoms with Crippen molar-refractivity contribution in [3.63, 3.8) is 0 Å². The summed E-state index contributed by atoms with van der Waals surface area (Å²) in [5, 5.41) is 4.73. The molecule has 2 heterocycles. The third-order valence-corrected chi connectivity index (χ3v) is 4.32. The zero-order valence-corrected chi connectivity index (χ0v) is 14.5. The quantitative estimate of drug-likeness (QED) is 0.569. The summed E-state index contributed by atoms with van der Waals surface area (Å²) < 4.78 is 0. The average Bonchev–Trinajstić information content (AvgIpc) is 2.67. The van der Waals surface area contributed by atoms with Gasteiger partial charge in [0.2, 0.25) is 0 Å². The van der Waals surface area contributed by atoms with Crippen molar-refractivity contribution in [1.29, 1.82) is 0 Å². The topological polar surface area (TPSA) is 70.7 Å². The van der Waals surface area contributed by atoms with E-state index in [4.69, 9.17) is 11.6 Å². The first-order valence-electron chi connectivity index (χ1n) is 8.13. The first-order chi connectivity index (χ1) is 12.7. The molecule has 2 aromatic carbocycles. The molecule has 26 heavy (non-hydrogen) atoms. The highest BCUT2D eigenvalue weighted by Crippen LogP contribution is 2.23. The number of halogens is 1. The summed E-state index contributed by atoms with van der Waals surface area (Å²) >= 11 is 5.96. The van der Waals surface area contributed by atoms with Gasteiger partial charge in [-0.3, -0.25) is 4.98 Å². The van der Waals surface area contributed by atoms with Crippen LogP contribution in [0.25, 0.3) is 22.2 Å². The Morgan fingerprint density at radius 3 is 2.69 bits per heavy atom. The highest BCUT2D eigenvalue weighted by molar-refractivity contribution is 6.30. The molecule has 0 aliphatic heterocycles. The molecule has 5 nitrogen and oxygen atoms in total. The van der Waals surface area contributed by atoms with Gasteiger partial charge in [0.1, 0.15) is 11.5 Å². The Morgan fingerprint density at radius 2 is 1.85 bits per heavy atom. The SMILES string of the molecule is O=c1nc(NCc2cccc(-c3ccc(Cl)cc3)c2)c2cccnc2[nH]1. The molecule has 2 N–H and O–H groups in total. The van der Waals surface area contributed by atoms with Crippen LogP contribution in [0.1, 0.15) is 5.56 Å². The lowest BCUT2D eigenvalue weighted by molar-refractivity contribution is 1.05. The Morgan fingerprint density at radius 1 is 1.00 bits per heavy atom. The highest BCUT2D eigenvalue weighted by atomic mass is 35.5. The summed E-state index contributed by atoms with van der Waals surface area (Å²) in [6.45, 7) is 0.544. The number of fused-ring (bicyclic) bond motifs is 1. The molecule has 6 heteroatoms. The van der Waals surface area contributed by atoms with Gasteiger partial charge >= 0.3 is 5.69 Å². The molecule has 0 radical (unpaired) electrons. The number of aromatic amines is 1. The van der Waals surface area contributed by atoms with Crippen LogP contribution in [0.4, 0.5) is 5.82 Å². The van der Waals surface area contributed by atoms with Crippen LogP contribution >= 0.6 is 11.6 Å². The van der Waals surface area contributed by atoms with Crippen molar-refractivity contribution < 1.29 is 0 Å². The zero-order chi connectivity index (χ0) is 17.9. The summed E-state index contributed by atoms with van der Waals surface area (Å²) in [7, 11) is 0. The molecule has 4 rings (SSSR count). The van der Waals surface area contributed by atoms with E-state index in [1.165, 1.54) is 0 Å². The standard InChI is InChI=1S/C20H15ClN4O/c21-16-8-6-14(7-9-16)15-4-1-3-13(11-15)12-23-19-17-5-2-10-22-18(17)24-20(26)25-19/h1-11H,12H2,(H2,22,23,24,25,26). The van der Waals surface area contributed by atoms with Crippen LogP contribution in [-0.2, 0) is 6.54 Å². The number of H-pyrrole nitrogens is 1. The number of nitrogens with one attached hydrogen (secondary N) is 2. The maximum absolute atomic E-state index is 11.7. The number of pyridine rings is 1. The molecule has 128 valence electrons. The van der Waals surface area contributed by atoms with Gasteiger partial charge in [0.15, 0.2) is 0 Å². The predicted molar refractivity (Wildman–Crippen MR) is 104 cm³/mol. The van der Waals surface area contributed by atoms with Gasteiger partial charge in [0.25, 0.3) is 0 Å². The first kappa shape index (κ1) is 16.3. The number of benzene rings is 2. The summed E-state index contributed by atoms with van der Waals surface area (Å²) in [5.41, 5.74) is 3.38. The molecular weight excluding hydrogens is 348 g/mol. The zero-order valence-electron chi connectivity index (χ0n) is 13.7. The molecule has 2 aromatic heterocycles. The molecule has 0 saturated heterocycles. The van der Waals surface area contributed by atoms with Crippen LogP contribution in [0.2, 0.25) is 5.02 Å². The highest BCUT2D eigenvalue weighted by Gasteiger charge is 2.06. The van der Waals surface area contributed by atoms with E-state index < -0.39 is 5.69 Å². The number of anilines is 1. The lowest BCUT2D eigenvalue weighted by Gasteiger charge is -2.09. The second kappa shape index (κ2) is 6.98. The Bertz CT molecular complexity index is 1120. The average molecular weight is 363 g/mol. The van der Waals surface area contributed by atoms with E-state index in [-0.39, 0.29) is 0 Å². The minimum Gasteiger partial charge on any atom is -0.365 e. The molecule has 0 amide bonds. The number of nitrogens with zero attached hydrogens (tertiary/aromatic N) is 2. The maximum Gasteiger partial charge on any atom is 0.348 e. The maximum atomic E-state index is 11.7. The predicted octanol–water partition coefficient (Wildman–Crippen LogP) is 4.25. The Kier molecular flexibility index (Phi) is 4.37. The largest absolute Gasteiger partial charge is 0.365 e. The van der Waals surface area contributed by atoms with E-state index in [1.807, 2.05) is 48.5 Å². The van der Waals surface area contributed by atoms with Crippen LogP contribution in [-0.4, -0.2) is 15.0 Å². The molecule has 0 spiro atoms. The minimum atomic E-state index is -0.423. The van der Waals surface area contributed by atoms with E-state index in [9.17, 15) is 4.79 Å². The Hall–Kier alpha value is -3.18. The fourth-order valence-corrected chi connectivity index (χ4v) is 2.94. The Balaban J connectivity index is 1.60. The van der Waals surface area contributed by atoms with Crippen LogP contribution in [0, 0.1) is 0 Å². The second-order valence-electron chi connectivity index (χ2n) is 5.85. The second-order valence-corrected chi connectivity index (χ2v) is 6.29. The first-order valence-corrected chi connectivity index (χ1v) is 8.51. The van der Waals surface area contributed by atoms with Crippen molar-refractivity contribution >= 4 is 28.5 Å². The van der Waals surface area contributed by atoms with Gasteiger partial charge in [-0.1, -0.05) is 41.9 Å². The monoisotopic (exact) mass is 362 g/mol. The van der Waals surface area contributed by atoms with E-state index >= 15 is 0 Å². The lowest BCUT2D eigenvalue weighted by atomic mass is 10.0. The number of hydrogen-bond acceptors (Lipinski definition) is 4. The van der Waals surface area contributed by atoms with Gasteiger partial charge in [0, 0.05) is 17.8 Å². The van der Waals surface area contributed by atoms with Gasteiger partial charge in [-0.25, -0.2) is 9.78 Å². The third kappa shape index (κ3) is 3.43. The van der Waals surface area contributed by atoms with Crippen LogP contribution in [0.5, 0.6) is 0 Å². The molecule has 0 unspecified atom stereocenters. The van der Waals surface area contributed by atoms with Gasteiger partial charge in [0.05, 0.1) is 5.39 Å². The van der Waals surface area contributed by atoms with E-state index in [1.54, 1.807) is 6.20 Å². The molecule has 0 bridgehead atoms. The van der Waals surface area contributed by atoms with Gasteiger partial charge in [-0.2, -0.15) is 4.98 Å². The fraction of sp³-hybridized carbons (Fsp3) is 0.0500. The van der Waals surface area contributed by atoms with E-state index in [0.29, 0.717) is 23.0 Å². The summed E-state index contributed by atoms with van der Waals surface area (Å²) in [4.78, 5) is 22.6. The fourth-order valence-electron chi connectivity index (χ4n) is 2.81.